The van der Waals surface area contributed by atoms with Gasteiger partial charge in [0.25, 0.3) is 5.91 Å². The van der Waals surface area contributed by atoms with Gasteiger partial charge in [0, 0.05) is 13.6 Å². The van der Waals surface area contributed by atoms with Crippen molar-refractivity contribution in [1.29, 1.82) is 0 Å². The highest BCUT2D eigenvalue weighted by molar-refractivity contribution is 14.1. The maximum atomic E-state index is 11.8. The van der Waals surface area contributed by atoms with Crippen molar-refractivity contribution in [2.75, 3.05) is 6.61 Å². The highest BCUT2D eigenvalue weighted by atomic mass is 127. The molecule has 0 heterocycles. The molecule has 0 spiro atoms. The molecule has 0 aliphatic carbocycles. The normalized spacial score (nSPS) is 10.8. The Morgan fingerprint density at radius 2 is 2.00 bits per heavy atom. The Balaban J connectivity index is 1.92. The zero-order valence-electron chi connectivity index (χ0n) is 13.1. The molecular weight excluding hydrogens is 487 g/mol. The van der Waals surface area contributed by atoms with Gasteiger partial charge in [0.05, 0.1) is 6.21 Å². The standard InChI is InChI=1S/C17H16BrIN2O3/c1-10-5-13(18)6-11(2)17(10)24-9-16(23)21-20-8-12-7-14(19)3-4-15(12)22/h3-8,22H,9H2,1-2H3,(H,21,23)/b20-8-. The Labute approximate surface area is 162 Å². The fraction of sp³-hybridized carbons (Fsp3) is 0.176. The molecule has 1 amide bonds. The maximum Gasteiger partial charge on any atom is 0.277 e. The van der Waals surface area contributed by atoms with E-state index in [0.29, 0.717) is 11.3 Å². The van der Waals surface area contributed by atoms with Crippen molar-refractivity contribution in [3.8, 4) is 11.5 Å². The molecule has 2 aromatic carbocycles. The molecule has 0 aromatic heterocycles. The van der Waals surface area contributed by atoms with Gasteiger partial charge in [-0.25, -0.2) is 5.43 Å². The number of nitrogens with one attached hydrogen (secondary N) is 1. The number of amides is 1. The van der Waals surface area contributed by atoms with E-state index < -0.39 is 0 Å². The zero-order chi connectivity index (χ0) is 17.7. The van der Waals surface area contributed by atoms with Gasteiger partial charge in [0.1, 0.15) is 11.5 Å². The number of aromatic hydroxyl groups is 1. The third-order valence-electron chi connectivity index (χ3n) is 3.16. The highest BCUT2D eigenvalue weighted by Crippen LogP contribution is 2.27. The van der Waals surface area contributed by atoms with E-state index in [1.54, 1.807) is 18.2 Å². The van der Waals surface area contributed by atoms with Crippen LogP contribution >= 0.6 is 38.5 Å². The minimum atomic E-state index is -0.377. The number of hydrogen-bond donors (Lipinski definition) is 2. The molecule has 24 heavy (non-hydrogen) atoms. The van der Waals surface area contributed by atoms with E-state index in [9.17, 15) is 9.90 Å². The van der Waals surface area contributed by atoms with E-state index in [1.807, 2.05) is 26.0 Å². The van der Waals surface area contributed by atoms with Crippen molar-refractivity contribution in [3.63, 3.8) is 0 Å². The molecular formula is C17H16BrIN2O3. The highest BCUT2D eigenvalue weighted by Gasteiger charge is 2.08. The molecule has 0 fully saturated rings. The number of hydrogen-bond acceptors (Lipinski definition) is 4. The molecule has 0 aliphatic heterocycles. The van der Waals surface area contributed by atoms with Gasteiger partial charge in [0.2, 0.25) is 0 Å². The van der Waals surface area contributed by atoms with Gasteiger partial charge in [-0.05, 0) is 77.9 Å². The second kappa shape index (κ2) is 8.48. The average Bonchev–Trinajstić information content (AvgIpc) is 2.49. The topological polar surface area (TPSA) is 70.9 Å². The van der Waals surface area contributed by atoms with Crippen LogP contribution in [-0.4, -0.2) is 23.8 Å². The largest absolute Gasteiger partial charge is 0.507 e. The van der Waals surface area contributed by atoms with Crippen LogP contribution in [-0.2, 0) is 4.79 Å². The molecule has 7 heteroatoms. The number of nitrogens with zero attached hydrogens (tertiary/aromatic N) is 1. The number of rotatable bonds is 5. The summed E-state index contributed by atoms with van der Waals surface area (Å²) in [4.78, 5) is 11.8. The van der Waals surface area contributed by atoms with E-state index in [0.717, 1.165) is 19.2 Å². The third kappa shape index (κ3) is 5.20. The molecule has 0 atom stereocenters. The first-order valence-corrected chi connectivity index (χ1v) is 8.94. The molecule has 2 N–H and O–H groups in total. The molecule has 2 rings (SSSR count). The van der Waals surface area contributed by atoms with Crippen molar-refractivity contribution >= 4 is 50.6 Å². The Morgan fingerprint density at radius 3 is 2.67 bits per heavy atom. The second-order valence-corrected chi connectivity index (χ2v) is 7.32. The van der Waals surface area contributed by atoms with Crippen LogP contribution in [0.2, 0.25) is 0 Å². The van der Waals surface area contributed by atoms with Crippen LogP contribution in [0.1, 0.15) is 16.7 Å². The lowest BCUT2D eigenvalue weighted by atomic mass is 10.1. The molecule has 0 unspecified atom stereocenters. The summed E-state index contributed by atoms with van der Waals surface area (Å²) in [5.74, 6) is 0.413. The Morgan fingerprint density at radius 1 is 1.33 bits per heavy atom. The lowest BCUT2D eigenvalue weighted by molar-refractivity contribution is -0.123. The summed E-state index contributed by atoms with van der Waals surface area (Å²) in [5.41, 5.74) is 4.80. The van der Waals surface area contributed by atoms with Crippen LogP contribution in [0.3, 0.4) is 0 Å². The van der Waals surface area contributed by atoms with Crippen molar-refractivity contribution in [2.24, 2.45) is 5.10 Å². The summed E-state index contributed by atoms with van der Waals surface area (Å²) in [6.45, 7) is 3.70. The van der Waals surface area contributed by atoms with Gasteiger partial charge >= 0.3 is 0 Å². The van der Waals surface area contributed by atoms with Gasteiger partial charge in [-0.15, -0.1) is 0 Å². The number of phenols is 1. The summed E-state index contributed by atoms with van der Waals surface area (Å²) in [6, 6.07) is 8.97. The number of aryl methyl sites for hydroxylation is 2. The van der Waals surface area contributed by atoms with E-state index >= 15 is 0 Å². The van der Waals surface area contributed by atoms with Crippen LogP contribution in [0.25, 0.3) is 0 Å². The van der Waals surface area contributed by atoms with Crippen LogP contribution in [0.5, 0.6) is 11.5 Å². The van der Waals surface area contributed by atoms with Crippen LogP contribution < -0.4 is 10.2 Å². The minimum Gasteiger partial charge on any atom is -0.507 e. The molecule has 2 aromatic rings. The first-order valence-electron chi connectivity index (χ1n) is 7.07. The quantitative estimate of drug-likeness (QED) is 0.370. The summed E-state index contributed by atoms with van der Waals surface area (Å²) in [6.07, 6.45) is 1.39. The fourth-order valence-electron chi connectivity index (χ4n) is 2.10. The zero-order valence-corrected chi connectivity index (χ0v) is 16.9. The van der Waals surface area contributed by atoms with Gasteiger partial charge in [-0.1, -0.05) is 15.9 Å². The molecule has 0 saturated carbocycles. The van der Waals surface area contributed by atoms with Gasteiger partial charge in [-0.3, -0.25) is 4.79 Å². The van der Waals surface area contributed by atoms with Gasteiger partial charge in [0.15, 0.2) is 6.61 Å². The monoisotopic (exact) mass is 502 g/mol. The molecule has 126 valence electrons. The van der Waals surface area contributed by atoms with Crippen molar-refractivity contribution in [2.45, 2.75) is 13.8 Å². The lowest BCUT2D eigenvalue weighted by Crippen LogP contribution is -2.25. The number of halogens is 2. The van der Waals surface area contributed by atoms with Crippen molar-refractivity contribution in [1.82, 2.24) is 5.43 Å². The summed E-state index contributed by atoms with van der Waals surface area (Å²) >= 11 is 5.55. The number of phenolic OH excluding ortho intramolecular Hbond substituents is 1. The number of carbonyl (C=O) groups excluding carboxylic acids is 1. The molecule has 0 radical (unpaired) electrons. The smallest absolute Gasteiger partial charge is 0.277 e. The van der Waals surface area contributed by atoms with E-state index in [-0.39, 0.29) is 18.3 Å². The molecule has 0 bridgehead atoms. The third-order valence-corrected chi connectivity index (χ3v) is 4.28. The van der Waals surface area contributed by atoms with Crippen LogP contribution in [0.4, 0.5) is 0 Å². The SMILES string of the molecule is Cc1cc(Br)cc(C)c1OCC(=O)N/N=C\c1cc(I)ccc1O. The lowest BCUT2D eigenvalue weighted by Gasteiger charge is -2.11. The minimum absolute atomic E-state index is 0.103. The molecule has 0 aliphatic rings. The predicted octanol–water partition coefficient (Wildman–Crippen LogP) is 3.91. The van der Waals surface area contributed by atoms with E-state index in [4.69, 9.17) is 4.74 Å². The Bertz CT molecular complexity index is 770. The number of benzene rings is 2. The van der Waals surface area contributed by atoms with Gasteiger partial charge < -0.3 is 9.84 Å². The van der Waals surface area contributed by atoms with E-state index in [2.05, 4.69) is 49.0 Å². The predicted molar refractivity (Wildman–Crippen MR) is 106 cm³/mol. The van der Waals surface area contributed by atoms with Crippen molar-refractivity contribution < 1.29 is 14.6 Å². The van der Waals surface area contributed by atoms with Crippen molar-refractivity contribution in [3.05, 3.63) is 55.1 Å². The summed E-state index contributed by atoms with van der Waals surface area (Å²) in [7, 11) is 0. The summed E-state index contributed by atoms with van der Waals surface area (Å²) < 4.78 is 7.50. The molecule has 0 saturated heterocycles. The number of carbonyl (C=O) groups is 1. The van der Waals surface area contributed by atoms with Gasteiger partial charge in [-0.2, -0.15) is 5.10 Å². The maximum absolute atomic E-state index is 11.8. The number of ether oxygens (including phenoxy) is 1. The second-order valence-electron chi connectivity index (χ2n) is 5.15. The van der Waals surface area contributed by atoms with Crippen LogP contribution in [0, 0.1) is 17.4 Å². The molecule has 5 nitrogen and oxygen atoms in total. The first-order chi connectivity index (χ1) is 11.4. The van der Waals surface area contributed by atoms with E-state index in [1.165, 1.54) is 6.21 Å². The Kier molecular flexibility index (Phi) is 6.61. The fourth-order valence-corrected chi connectivity index (χ4v) is 3.30. The van der Waals surface area contributed by atoms with Crippen LogP contribution in [0.15, 0.2) is 39.9 Å². The first kappa shape index (κ1) is 18.7. The average molecular weight is 503 g/mol. The Hall–Kier alpha value is -1.61. The number of hydrazone groups is 1. The summed E-state index contributed by atoms with van der Waals surface area (Å²) in [5, 5.41) is 13.5.